The third-order valence-corrected chi connectivity index (χ3v) is 3.97. The van der Waals surface area contributed by atoms with Gasteiger partial charge in [-0.2, -0.15) is 0 Å². The molecule has 1 atom stereocenters. The van der Waals surface area contributed by atoms with Crippen LogP contribution in [-0.4, -0.2) is 24.1 Å². The first-order valence-corrected chi connectivity index (χ1v) is 8.27. The Morgan fingerprint density at radius 1 is 1.19 bits per heavy atom. The molecule has 0 bridgehead atoms. The highest BCUT2D eigenvalue weighted by molar-refractivity contribution is 6.04. The van der Waals surface area contributed by atoms with Gasteiger partial charge in [0.1, 0.15) is 22.8 Å². The van der Waals surface area contributed by atoms with E-state index in [4.69, 9.17) is 9.47 Å². The van der Waals surface area contributed by atoms with Crippen molar-refractivity contribution in [2.45, 2.75) is 19.4 Å². The van der Waals surface area contributed by atoms with Gasteiger partial charge in [-0.05, 0) is 55.0 Å². The number of ether oxygens (including phenoxy) is 2. The minimum atomic E-state index is -0.700. The van der Waals surface area contributed by atoms with Crippen molar-refractivity contribution < 1.29 is 18.7 Å². The Morgan fingerprint density at radius 2 is 1.96 bits per heavy atom. The number of amides is 1. The van der Waals surface area contributed by atoms with Crippen molar-refractivity contribution in [2.75, 3.05) is 12.4 Å². The summed E-state index contributed by atoms with van der Waals surface area (Å²) in [6, 6.07) is 12.8. The molecule has 0 saturated heterocycles. The summed E-state index contributed by atoms with van der Waals surface area (Å²) in [7, 11) is 1.57. The van der Waals surface area contributed by atoms with E-state index in [0.717, 1.165) is 5.39 Å². The Balaban J connectivity index is 1.82. The van der Waals surface area contributed by atoms with Crippen molar-refractivity contribution in [3.05, 3.63) is 60.5 Å². The van der Waals surface area contributed by atoms with E-state index in [0.29, 0.717) is 29.1 Å². The SMILES string of the molecule is CC[C@@H](Oc1ccc(F)cc1)C(=O)Nc1ccc(OC)c2ncccc12. The number of nitrogens with zero attached hydrogens (tertiary/aromatic N) is 1. The van der Waals surface area contributed by atoms with Crippen LogP contribution in [0.25, 0.3) is 10.9 Å². The van der Waals surface area contributed by atoms with E-state index in [1.54, 1.807) is 31.5 Å². The maximum atomic E-state index is 13.0. The lowest BCUT2D eigenvalue weighted by molar-refractivity contribution is -0.122. The van der Waals surface area contributed by atoms with Gasteiger partial charge in [0.25, 0.3) is 5.91 Å². The first-order valence-electron chi connectivity index (χ1n) is 8.27. The molecule has 0 radical (unpaired) electrons. The van der Waals surface area contributed by atoms with Crippen LogP contribution in [0.3, 0.4) is 0 Å². The van der Waals surface area contributed by atoms with Crippen molar-refractivity contribution >= 4 is 22.5 Å². The number of halogens is 1. The lowest BCUT2D eigenvalue weighted by Gasteiger charge is -2.18. The molecule has 1 heterocycles. The summed E-state index contributed by atoms with van der Waals surface area (Å²) in [5, 5.41) is 3.66. The highest BCUT2D eigenvalue weighted by Crippen LogP contribution is 2.30. The minimum Gasteiger partial charge on any atom is -0.494 e. The third kappa shape index (κ3) is 3.74. The van der Waals surface area contributed by atoms with Gasteiger partial charge in [0.2, 0.25) is 0 Å². The highest BCUT2D eigenvalue weighted by Gasteiger charge is 2.20. The van der Waals surface area contributed by atoms with Crippen LogP contribution in [0.15, 0.2) is 54.7 Å². The molecular weight excluding hydrogens is 335 g/mol. The lowest BCUT2D eigenvalue weighted by Crippen LogP contribution is -2.32. The van der Waals surface area contributed by atoms with E-state index in [1.807, 2.05) is 13.0 Å². The van der Waals surface area contributed by atoms with Crippen molar-refractivity contribution in [3.63, 3.8) is 0 Å². The molecule has 134 valence electrons. The number of carbonyl (C=O) groups is 1. The van der Waals surface area contributed by atoms with Gasteiger partial charge in [0.05, 0.1) is 12.8 Å². The van der Waals surface area contributed by atoms with E-state index in [-0.39, 0.29) is 11.7 Å². The van der Waals surface area contributed by atoms with Crippen molar-refractivity contribution in [2.24, 2.45) is 0 Å². The number of benzene rings is 2. The summed E-state index contributed by atoms with van der Waals surface area (Å²) < 4.78 is 24.0. The van der Waals surface area contributed by atoms with Gasteiger partial charge in [0, 0.05) is 11.6 Å². The quantitative estimate of drug-likeness (QED) is 0.721. The molecule has 5 nitrogen and oxygen atoms in total. The van der Waals surface area contributed by atoms with Crippen LogP contribution in [0.1, 0.15) is 13.3 Å². The smallest absolute Gasteiger partial charge is 0.265 e. The summed E-state index contributed by atoms with van der Waals surface area (Å²) >= 11 is 0. The number of fused-ring (bicyclic) bond motifs is 1. The molecule has 1 amide bonds. The Labute approximate surface area is 150 Å². The van der Waals surface area contributed by atoms with E-state index >= 15 is 0 Å². The Hall–Kier alpha value is -3.15. The maximum absolute atomic E-state index is 13.0. The van der Waals surface area contributed by atoms with Gasteiger partial charge in [-0.3, -0.25) is 9.78 Å². The van der Waals surface area contributed by atoms with Crippen LogP contribution in [0.4, 0.5) is 10.1 Å². The van der Waals surface area contributed by atoms with Gasteiger partial charge >= 0.3 is 0 Å². The molecule has 2 aromatic carbocycles. The predicted molar refractivity (Wildman–Crippen MR) is 98.0 cm³/mol. The number of hydrogen-bond donors (Lipinski definition) is 1. The van der Waals surface area contributed by atoms with Crippen LogP contribution in [0.5, 0.6) is 11.5 Å². The van der Waals surface area contributed by atoms with Gasteiger partial charge in [-0.15, -0.1) is 0 Å². The molecule has 0 saturated carbocycles. The maximum Gasteiger partial charge on any atom is 0.265 e. The normalized spacial score (nSPS) is 11.8. The summed E-state index contributed by atoms with van der Waals surface area (Å²) in [6.45, 7) is 1.85. The Kier molecular flexibility index (Phi) is 5.31. The zero-order chi connectivity index (χ0) is 18.5. The van der Waals surface area contributed by atoms with Crippen LogP contribution in [0.2, 0.25) is 0 Å². The minimum absolute atomic E-state index is 0.285. The molecule has 0 aliphatic rings. The van der Waals surface area contributed by atoms with Crippen molar-refractivity contribution in [1.82, 2.24) is 4.98 Å². The zero-order valence-electron chi connectivity index (χ0n) is 14.5. The van der Waals surface area contributed by atoms with E-state index in [2.05, 4.69) is 10.3 Å². The molecule has 3 rings (SSSR count). The second-order valence-electron chi connectivity index (χ2n) is 5.67. The van der Waals surface area contributed by atoms with Crippen molar-refractivity contribution in [3.8, 4) is 11.5 Å². The standard InChI is InChI=1S/C20H19FN2O3/c1-3-17(26-14-8-6-13(21)7-9-14)20(24)23-16-10-11-18(25-2)19-15(16)5-4-12-22-19/h4-12,17H,3H2,1-2H3,(H,23,24)/t17-/m1/s1. The number of nitrogens with one attached hydrogen (secondary N) is 1. The summed E-state index contributed by atoms with van der Waals surface area (Å²) in [6.07, 6.45) is 1.44. The van der Waals surface area contributed by atoms with Gasteiger partial charge < -0.3 is 14.8 Å². The van der Waals surface area contributed by atoms with Crippen LogP contribution < -0.4 is 14.8 Å². The van der Waals surface area contributed by atoms with E-state index in [9.17, 15) is 9.18 Å². The zero-order valence-corrected chi connectivity index (χ0v) is 14.5. The Bertz CT molecular complexity index is 913. The summed E-state index contributed by atoms with van der Waals surface area (Å²) in [4.78, 5) is 17.0. The topological polar surface area (TPSA) is 60.5 Å². The van der Waals surface area contributed by atoms with Gasteiger partial charge in [-0.1, -0.05) is 6.92 Å². The largest absolute Gasteiger partial charge is 0.494 e. The molecule has 0 spiro atoms. The molecule has 0 aliphatic carbocycles. The molecule has 6 heteroatoms. The molecule has 3 aromatic rings. The first kappa shape index (κ1) is 17.7. The number of methoxy groups -OCH3 is 1. The van der Waals surface area contributed by atoms with Gasteiger partial charge in [0.15, 0.2) is 6.10 Å². The number of aromatic nitrogens is 1. The number of anilines is 1. The van der Waals surface area contributed by atoms with Crippen molar-refractivity contribution in [1.29, 1.82) is 0 Å². The fourth-order valence-electron chi connectivity index (χ4n) is 2.63. The molecule has 1 N–H and O–H groups in total. The lowest BCUT2D eigenvalue weighted by atomic mass is 10.1. The van der Waals surface area contributed by atoms with E-state index < -0.39 is 6.10 Å². The predicted octanol–water partition coefficient (Wildman–Crippen LogP) is 4.18. The van der Waals surface area contributed by atoms with E-state index in [1.165, 1.54) is 24.3 Å². The third-order valence-electron chi connectivity index (χ3n) is 3.97. The fraction of sp³-hybridized carbons (Fsp3) is 0.200. The van der Waals surface area contributed by atoms with Crippen LogP contribution in [0, 0.1) is 5.82 Å². The van der Waals surface area contributed by atoms with Crippen LogP contribution in [-0.2, 0) is 4.79 Å². The number of rotatable bonds is 6. The average Bonchev–Trinajstić information content (AvgIpc) is 2.67. The summed E-state index contributed by atoms with van der Waals surface area (Å²) in [5.41, 5.74) is 1.29. The monoisotopic (exact) mass is 354 g/mol. The average molecular weight is 354 g/mol. The number of pyridine rings is 1. The molecule has 1 aromatic heterocycles. The molecule has 0 aliphatic heterocycles. The number of carbonyl (C=O) groups excluding carboxylic acids is 1. The molecule has 0 unspecified atom stereocenters. The number of hydrogen-bond acceptors (Lipinski definition) is 4. The second kappa shape index (κ2) is 7.82. The molecular formula is C20H19FN2O3. The Morgan fingerprint density at radius 3 is 2.65 bits per heavy atom. The fourth-order valence-corrected chi connectivity index (χ4v) is 2.63. The highest BCUT2D eigenvalue weighted by atomic mass is 19.1. The first-order chi connectivity index (χ1) is 12.6. The molecule has 26 heavy (non-hydrogen) atoms. The van der Waals surface area contributed by atoms with Crippen LogP contribution >= 0.6 is 0 Å². The second-order valence-corrected chi connectivity index (χ2v) is 5.67. The molecule has 0 fully saturated rings. The summed E-state index contributed by atoms with van der Waals surface area (Å²) in [5.74, 6) is 0.432. The van der Waals surface area contributed by atoms with Gasteiger partial charge in [-0.25, -0.2) is 4.39 Å².